The van der Waals surface area contributed by atoms with Gasteiger partial charge in [0.25, 0.3) is 0 Å². The van der Waals surface area contributed by atoms with Crippen molar-refractivity contribution in [1.82, 2.24) is 19.7 Å². The summed E-state index contributed by atoms with van der Waals surface area (Å²) in [4.78, 5) is 8.89. The molecular formula is C16H22N4O2. The predicted molar refractivity (Wildman–Crippen MR) is 82.3 cm³/mol. The van der Waals surface area contributed by atoms with Crippen LogP contribution in [0.1, 0.15) is 30.7 Å². The van der Waals surface area contributed by atoms with Gasteiger partial charge in [-0.2, -0.15) is 5.10 Å². The first-order valence-electron chi connectivity index (χ1n) is 7.78. The maximum absolute atomic E-state index is 5.73. The van der Waals surface area contributed by atoms with Gasteiger partial charge >= 0.3 is 0 Å². The zero-order valence-electron chi connectivity index (χ0n) is 13.2. The Hall–Kier alpha value is -1.79. The summed E-state index contributed by atoms with van der Waals surface area (Å²) in [7, 11) is 0. The molecule has 0 radical (unpaired) electrons. The lowest BCUT2D eigenvalue weighted by Crippen LogP contribution is -2.24. The topological polar surface area (TPSA) is 62.1 Å². The molecule has 1 fully saturated rings. The highest BCUT2D eigenvalue weighted by Crippen LogP contribution is 2.17. The Labute approximate surface area is 130 Å². The van der Waals surface area contributed by atoms with E-state index in [-0.39, 0.29) is 6.29 Å². The third-order valence-corrected chi connectivity index (χ3v) is 3.88. The normalized spacial score (nSPS) is 18.5. The van der Waals surface area contributed by atoms with Crippen LogP contribution >= 0.6 is 0 Å². The smallest absolute Gasteiger partial charge is 0.157 e. The zero-order chi connectivity index (χ0) is 15.4. The van der Waals surface area contributed by atoms with Crippen molar-refractivity contribution in [2.75, 3.05) is 13.2 Å². The summed E-state index contributed by atoms with van der Waals surface area (Å²) in [6.45, 7) is 6.04. The molecule has 22 heavy (non-hydrogen) atoms. The van der Waals surface area contributed by atoms with E-state index in [4.69, 9.17) is 9.47 Å². The first-order chi connectivity index (χ1) is 10.7. The number of ether oxygens (including phenoxy) is 2. The number of aromatic nitrogens is 4. The van der Waals surface area contributed by atoms with Gasteiger partial charge in [-0.25, -0.2) is 4.98 Å². The largest absolute Gasteiger partial charge is 0.353 e. The van der Waals surface area contributed by atoms with Crippen LogP contribution in [0.15, 0.2) is 18.6 Å². The molecule has 0 amide bonds. The van der Waals surface area contributed by atoms with Crippen LogP contribution in [-0.2, 0) is 16.0 Å². The fourth-order valence-electron chi connectivity index (χ4n) is 2.42. The molecule has 3 heterocycles. The fraction of sp³-hybridized carbons (Fsp3) is 0.562. The lowest BCUT2D eigenvalue weighted by atomic mass is 10.2. The van der Waals surface area contributed by atoms with Crippen LogP contribution in [0.25, 0.3) is 11.3 Å². The van der Waals surface area contributed by atoms with Crippen LogP contribution in [0.2, 0.25) is 0 Å². The van der Waals surface area contributed by atoms with Gasteiger partial charge in [0.2, 0.25) is 0 Å². The van der Waals surface area contributed by atoms with Crippen LogP contribution in [0.5, 0.6) is 0 Å². The van der Waals surface area contributed by atoms with E-state index in [1.54, 1.807) is 6.20 Å². The third-order valence-electron chi connectivity index (χ3n) is 3.88. The quantitative estimate of drug-likeness (QED) is 0.849. The second kappa shape index (κ2) is 6.98. The maximum Gasteiger partial charge on any atom is 0.157 e. The molecule has 2 aromatic rings. The molecule has 6 nitrogen and oxygen atoms in total. The first kappa shape index (κ1) is 15.1. The number of hydrogen-bond acceptors (Lipinski definition) is 5. The minimum Gasteiger partial charge on any atom is -0.353 e. The molecule has 6 heteroatoms. The molecule has 0 aromatic carbocycles. The third kappa shape index (κ3) is 3.69. The van der Waals surface area contributed by atoms with Crippen LogP contribution in [0.4, 0.5) is 0 Å². The summed E-state index contributed by atoms with van der Waals surface area (Å²) < 4.78 is 13.1. The van der Waals surface area contributed by atoms with E-state index in [0.29, 0.717) is 13.2 Å². The number of aryl methyl sites for hydroxylation is 2. The molecule has 1 atom stereocenters. The van der Waals surface area contributed by atoms with E-state index in [1.807, 2.05) is 30.9 Å². The number of rotatable bonds is 5. The van der Waals surface area contributed by atoms with Gasteiger partial charge in [0.1, 0.15) is 0 Å². The molecule has 0 N–H and O–H groups in total. The predicted octanol–water partition coefficient (Wildman–Crippen LogP) is 2.50. The molecule has 0 saturated carbocycles. The molecule has 1 saturated heterocycles. The Morgan fingerprint density at radius 3 is 2.95 bits per heavy atom. The Kier molecular flexibility index (Phi) is 4.80. The molecule has 2 aromatic heterocycles. The summed E-state index contributed by atoms with van der Waals surface area (Å²) in [5.74, 6) is 0. The van der Waals surface area contributed by atoms with E-state index in [2.05, 4.69) is 15.1 Å². The van der Waals surface area contributed by atoms with Crippen molar-refractivity contribution in [2.24, 2.45) is 0 Å². The van der Waals surface area contributed by atoms with Gasteiger partial charge in [-0.05, 0) is 33.1 Å². The van der Waals surface area contributed by atoms with E-state index >= 15 is 0 Å². The van der Waals surface area contributed by atoms with Gasteiger partial charge < -0.3 is 9.47 Å². The minimum atomic E-state index is -0.0469. The van der Waals surface area contributed by atoms with Crippen LogP contribution < -0.4 is 0 Å². The molecule has 1 aliphatic heterocycles. The van der Waals surface area contributed by atoms with E-state index in [0.717, 1.165) is 42.1 Å². The SMILES string of the molecule is Cc1ncc(-c2cnn(CCOC3CCCCO3)c2)nc1C. The highest BCUT2D eigenvalue weighted by Gasteiger charge is 2.13. The van der Waals surface area contributed by atoms with Crippen molar-refractivity contribution in [3.05, 3.63) is 30.0 Å². The van der Waals surface area contributed by atoms with Crippen molar-refractivity contribution in [1.29, 1.82) is 0 Å². The standard InChI is InChI=1S/C16H22N4O2/c1-12-13(2)19-15(10-17-12)14-9-18-20(11-14)6-8-22-16-5-3-4-7-21-16/h9-11,16H,3-8H2,1-2H3. The van der Waals surface area contributed by atoms with Crippen molar-refractivity contribution in [3.63, 3.8) is 0 Å². The van der Waals surface area contributed by atoms with Crippen LogP contribution in [0.3, 0.4) is 0 Å². The first-order valence-corrected chi connectivity index (χ1v) is 7.78. The Morgan fingerprint density at radius 1 is 1.27 bits per heavy atom. The maximum atomic E-state index is 5.73. The highest BCUT2D eigenvalue weighted by atomic mass is 16.7. The monoisotopic (exact) mass is 302 g/mol. The summed E-state index contributed by atoms with van der Waals surface area (Å²) in [5.41, 5.74) is 3.73. The van der Waals surface area contributed by atoms with Gasteiger partial charge in [0, 0.05) is 18.4 Å². The summed E-state index contributed by atoms with van der Waals surface area (Å²) in [6.07, 6.45) is 8.84. The van der Waals surface area contributed by atoms with Gasteiger partial charge in [-0.1, -0.05) is 0 Å². The second-order valence-corrected chi connectivity index (χ2v) is 5.59. The number of nitrogens with zero attached hydrogens (tertiary/aromatic N) is 4. The molecule has 0 aliphatic carbocycles. The lowest BCUT2D eigenvalue weighted by Gasteiger charge is -2.22. The van der Waals surface area contributed by atoms with Crippen molar-refractivity contribution >= 4 is 0 Å². The zero-order valence-corrected chi connectivity index (χ0v) is 13.2. The van der Waals surface area contributed by atoms with Gasteiger partial charge in [-0.15, -0.1) is 0 Å². The summed E-state index contributed by atoms with van der Waals surface area (Å²) >= 11 is 0. The van der Waals surface area contributed by atoms with E-state index in [9.17, 15) is 0 Å². The Bertz CT molecular complexity index is 620. The van der Waals surface area contributed by atoms with Crippen LogP contribution in [-0.4, -0.2) is 39.3 Å². The Balaban J connectivity index is 1.55. The fourth-order valence-corrected chi connectivity index (χ4v) is 2.42. The van der Waals surface area contributed by atoms with E-state index in [1.165, 1.54) is 6.42 Å². The molecule has 1 aliphatic rings. The Morgan fingerprint density at radius 2 is 2.18 bits per heavy atom. The molecular weight excluding hydrogens is 280 g/mol. The van der Waals surface area contributed by atoms with E-state index < -0.39 is 0 Å². The lowest BCUT2D eigenvalue weighted by molar-refractivity contribution is -0.163. The van der Waals surface area contributed by atoms with Crippen LogP contribution in [0, 0.1) is 13.8 Å². The average Bonchev–Trinajstić information content (AvgIpc) is 3.00. The molecule has 118 valence electrons. The molecule has 1 unspecified atom stereocenters. The van der Waals surface area contributed by atoms with Gasteiger partial charge in [0.05, 0.1) is 42.6 Å². The second-order valence-electron chi connectivity index (χ2n) is 5.59. The van der Waals surface area contributed by atoms with Crippen molar-refractivity contribution in [3.8, 4) is 11.3 Å². The summed E-state index contributed by atoms with van der Waals surface area (Å²) in [6, 6.07) is 0. The van der Waals surface area contributed by atoms with Gasteiger partial charge in [0.15, 0.2) is 6.29 Å². The highest BCUT2D eigenvalue weighted by molar-refractivity contribution is 5.55. The van der Waals surface area contributed by atoms with Crippen molar-refractivity contribution in [2.45, 2.75) is 45.9 Å². The molecule has 3 rings (SSSR count). The molecule has 0 spiro atoms. The minimum absolute atomic E-state index is 0.0469. The van der Waals surface area contributed by atoms with Gasteiger partial charge in [-0.3, -0.25) is 9.67 Å². The van der Waals surface area contributed by atoms with Crippen molar-refractivity contribution < 1.29 is 9.47 Å². The average molecular weight is 302 g/mol. The molecule has 0 bridgehead atoms. The number of hydrogen-bond donors (Lipinski definition) is 0. The summed E-state index contributed by atoms with van der Waals surface area (Å²) in [5, 5.41) is 4.36.